The molecule has 172 valence electrons. The molecule has 0 radical (unpaired) electrons. The fourth-order valence-corrected chi connectivity index (χ4v) is 5.85. The molecule has 0 bridgehead atoms. The van der Waals surface area contributed by atoms with Crippen LogP contribution in [-0.4, -0.2) is 30.9 Å². The number of piperidine rings is 1. The van der Waals surface area contributed by atoms with Crippen LogP contribution in [-0.2, 0) is 16.4 Å². The molecule has 3 aromatic rings. The van der Waals surface area contributed by atoms with E-state index in [-0.39, 0.29) is 6.04 Å². The van der Waals surface area contributed by atoms with Gasteiger partial charge in [-0.2, -0.15) is 4.31 Å². The van der Waals surface area contributed by atoms with Crippen molar-refractivity contribution in [1.29, 1.82) is 0 Å². The lowest BCUT2D eigenvalue weighted by Crippen LogP contribution is -2.35. The molecular formula is C26H29N3O2S2. The molecule has 2 N–H and O–H groups in total. The van der Waals surface area contributed by atoms with E-state index in [1.807, 2.05) is 36.4 Å². The molecule has 1 aliphatic rings. The van der Waals surface area contributed by atoms with Gasteiger partial charge in [0.1, 0.15) is 0 Å². The van der Waals surface area contributed by atoms with E-state index in [4.69, 9.17) is 12.2 Å². The van der Waals surface area contributed by atoms with Crippen LogP contribution >= 0.6 is 12.2 Å². The smallest absolute Gasteiger partial charge is 0.243 e. The highest BCUT2D eigenvalue weighted by atomic mass is 32.2. The second-order valence-electron chi connectivity index (χ2n) is 8.24. The van der Waals surface area contributed by atoms with Crippen molar-refractivity contribution in [2.24, 2.45) is 0 Å². The SMILES string of the molecule is O=S(=O)(c1ccc(NC(=S)N[C@@H](Cc2ccccc2)c2ccccc2)cc1)N1CCCCC1. The number of rotatable bonds is 7. The molecule has 1 fully saturated rings. The van der Waals surface area contributed by atoms with Crippen molar-refractivity contribution in [2.45, 2.75) is 36.6 Å². The number of benzene rings is 3. The Balaban J connectivity index is 1.43. The van der Waals surface area contributed by atoms with E-state index < -0.39 is 10.0 Å². The normalized spacial score (nSPS) is 15.5. The van der Waals surface area contributed by atoms with Crippen molar-refractivity contribution in [1.82, 2.24) is 9.62 Å². The van der Waals surface area contributed by atoms with Gasteiger partial charge in [-0.05, 0) is 66.9 Å². The first-order valence-corrected chi connectivity index (χ1v) is 13.1. The fraction of sp³-hybridized carbons (Fsp3) is 0.269. The van der Waals surface area contributed by atoms with Gasteiger partial charge in [-0.1, -0.05) is 67.1 Å². The summed E-state index contributed by atoms with van der Waals surface area (Å²) in [4.78, 5) is 0.320. The molecule has 0 amide bonds. The summed E-state index contributed by atoms with van der Waals surface area (Å²) in [7, 11) is -3.44. The fourth-order valence-electron chi connectivity index (χ4n) is 4.08. The third-order valence-corrected chi connectivity index (χ3v) is 7.99. The lowest BCUT2D eigenvalue weighted by Gasteiger charge is -2.26. The first kappa shape index (κ1) is 23.4. The quantitative estimate of drug-likeness (QED) is 0.460. The Labute approximate surface area is 201 Å². The van der Waals surface area contributed by atoms with Gasteiger partial charge >= 0.3 is 0 Å². The Morgan fingerprint density at radius 3 is 2.09 bits per heavy atom. The van der Waals surface area contributed by atoms with Crippen LogP contribution in [0.5, 0.6) is 0 Å². The lowest BCUT2D eigenvalue weighted by atomic mass is 9.99. The minimum absolute atomic E-state index is 0.00681. The van der Waals surface area contributed by atoms with Gasteiger partial charge in [0.25, 0.3) is 0 Å². The zero-order chi connectivity index (χ0) is 23.1. The van der Waals surface area contributed by atoms with Gasteiger partial charge in [0.2, 0.25) is 10.0 Å². The molecule has 33 heavy (non-hydrogen) atoms. The molecule has 0 saturated carbocycles. The number of nitrogens with zero attached hydrogens (tertiary/aromatic N) is 1. The number of anilines is 1. The van der Waals surface area contributed by atoms with Crippen LogP contribution in [0.1, 0.15) is 36.4 Å². The Kier molecular flexibility index (Phi) is 7.75. The van der Waals surface area contributed by atoms with E-state index in [2.05, 4.69) is 34.9 Å². The summed E-state index contributed by atoms with van der Waals surface area (Å²) in [5.41, 5.74) is 3.11. The van der Waals surface area contributed by atoms with Gasteiger partial charge in [0.05, 0.1) is 10.9 Å². The van der Waals surface area contributed by atoms with Crippen molar-refractivity contribution in [3.05, 3.63) is 96.1 Å². The summed E-state index contributed by atoms with van der Waals surface area (Å²) < 4.78 is 27.3. The van der Waals surface area contributed by atoms with Crippen LogP contribution in [0.15, 0.2) is 89.8 Å². The van der Waals surface area contributed by atoms with Crippen molar-refractivity contribution in [2.75, 3.05) is 18.4 Å². The summed E-state index contributed by atoms with van der Waals surface area (Å²) in [5.74, 6) is 0. The summed E-state index contributed by atoms with van der Waals surface area (Å²) in [6, 6.07) is 27.3. The van der Waals surface area contributed by atoms with Crippen LogP contribution in [0.3, 0.4) is 0 Å². The standard InChI is InChI=1S/C26H29N3O2S2/c30-33(31,29-18-8-3-9-19-29)24-16-14-23(15-17-24)27-26(32)28-25(22-12-6-2-7-13-22)20-21-10-4-1-5-11-21/h1-2,4-7,10-17,25H,3,8-9,18-20H2,(H2,27,28,32)/t25-/m0/s1. The zero-order valence-corrected chi connectivity index (χ0v) is 20.1. The molecule has 5 nitrogen and oxygen atoms in total. The highest BCUT2D eigenvalue weighted by molar-refractivity contribution is 7.89. The van der Waals surface area contributed by atoms with Crippen molar-refractivity contribution < 1.29 is 8.42 Å². The van der Waals surface area contributed by atoms with Gasteiger partial charge in [0, 0.05) is 18.8 Å². The number of sulfonamides is 1. The highest BCUT2D eigenvalue weighted by Gasteiger charge is 2.25. The van der Waals surface area contributed by atoms with Crippen molar-refractivity contribution in [3.8, 4) is 0 Å². The van der Waals surface area contributed by atoms with E-state index >= 15 is 0 Å². The third kappa shape index (κ3) is 6.19. The Morgan fingerprint density at radius 1 is 0.848 bits per heavy atom. The molecule has 7 heteroatoms. The molecule has 0 aliphatic carbocycles. The molecule has 4 rings (SSSR count). The molecule has 1 saturated heterocycles. The molecule has 1 atom stereocenters. The Hall–Kier alpha value is -2.74. The summed E-state index contributed by atoms with van der Waals surface area (Å²) >= 11 is 5.59. The molecule has 3 aromatic carbocycles. The monoisotopic (exact) mass is 479 g/mol. The van der Waals surface area contributed by atoms with Crippen LogP contribution in [0.4, 0.5) is 5.69 Å². The molecule has 0 aromatic heterocycles. The largest absolute Gasteiger partial charge is 0.355 e. The molecule has 1 aliphatic heterocycles. The first-order valence-electron chi connectivity index (χ1n) is 11.3. The van der Waals surface area contributed by atoms with Gasteiger partial charge in [-0.3, -0.25) is 0 Å². The van der Waals surface area contributed by atoms with Crippen LogP contribution in [0, 0.1) is 0 Å². The predicted octanol–water partition coefficient (Wildman–Crippen LogP) is 5.13. The topological polar surface area (TPSA) is 61.4 Å². The van der Waals surface area contributed by atoms with Crippen molar-refractivity contribution >= 4 is 33.0 Å². The van der Waals surface area contributed by atoms with Gasteiger partial charge in [-0.15, -0.1) is 0 Å². The highest BCUT2D eigenvalue weighted by Crippen LogP contribution is 2.23. The van der Waals surface area contributed by atoms with Crippen molar-refractivity contribution in [3.63, 3.8) is 0 Å². The minimum atomic E-state index is -3.44. The van der Waals surface area contributed by atoms with Gasteiger partial charge in [0.15, 0.2) is 5.11 Å². The lowest BCUT2D eigenvalue weighted by molar-refractivity contribution is 0.346. The van der Waals surface area contributed by atoms with E-state index in [0.29, 0.717) is 23.1 Å². The van der Waals surface area contributed by atoms with Gasteiger partial charge in [-0.25, -0.2) is 8.42 Å². The number of thiocarbonyl (C=S) groups is 1. The Morgan fingerprint density at radius 2 is 1.45 bits per heavy atom. The number of hydrogen-bond acceptors (Lipinski definition) is 3. The van der Waals surface area contributed by atoms with Crippen LogP contribution in [0.25, 0.3) is 0 Å². The first-order chi connectivity index (χ1) is 16.0. The van der Waals surface area contributed by atoms with E-state index in [1.165, 1.54) is 5.56 Å². The summed E-state index contributed by atoms with van der Waals surface area (Å²) in [6.45, 7) is 1.19. The predicted molar refractivity (Wildman–Crippen MR) is 138 cm³/mol. The van der Waals surface area contributed by atoms with Crippen LogP contribution in [0.2, 0.25) is 0 Å². The summed E-state index contributed by atoms with van der Waals surface area (Å²) in [6.07, 6.45) is 3.72. The molecule has 1 heterocycles. The van der Waals surface area contributed by atoms with Gasteiger partial charge < -0.3 is 10.6 Å². The average molecular weight is 480 g/mol. The third-order valence-electron chi connectivity index (χ3n) is 5.85. The second-order valence-corrected chi connectivity index (χ2v) is 10.6. The molecule has 0 unspecified atom stereocenters. The van der Waals surface area contributed by atoms with E-state index in [9.17, 15) is 8.42 Å². The molecular weight excluding hydrogens is 450 g/mol. The number of nitrogens with one attached hydrogen (secondary N) is 2. The number of hydrogen-bond donors (Lipinski definition) is 2. The molecule has 0 spiro atoms. The maximum atomic E-state index is 12.9. The summed E-state index contributed by atoms with van der Waals surface area (Å²) in [5, 5.41) is 7.11. The maximum Gasteiger partial charge on any atom is 0.243 e. The maximum absolute atomic E-state index is 12.9. The average Bonchev–Trinajstić information content (AvgIpc) is 2.86. The minimum Gasteiger partial charge on any atom is -0.355 e. The van der Waals surface area contributed by atoms with E-state index in [1.54, 1.807) is 28.6 Å². The zero-order valence-electron chi connectivity index (χ0n) is 18.5. The second kappa shape index (κ2) is 10.9. The Bertz CT molecular complexity index is 1150. The van der Waals surface area contributed by atoms with Crippen LogP contribution < -0.4 is 10.6 Å². The van der Waals surface area contributed by atoms with E-state index in [0.717, 1.165) is 36.9 Å².